The Morgan fingerprint density at radius 3 is 2.78 bits per heavy atom. The number of methoxy groups -OCH3 is 1. The van der Waals surface area contributed by atoms with Crippen LogP contribution in [0.25, 0.3) is 0 Å². The van der Waals surface area contributed by atoms with Gasteiger partial charge in [0.05, 0.1) is 12.0 Å². The maximum atomic E-state index is 11.7. The van der Waals surface area contributed by atoms with E-state index in [1.54, 1.807) is 25.4 Å². The number of thiophene rings is 1. The van der Waals surface area contributed by atoms with Crippen molar-refractivity contribution >= 4 is 23.2 Å². The summed E-state index contributed by atoms with van der Waals surface area (Å²) in [4.78, 5) is 28.2. The van der Waals surface area contributed by atoms with Gasteiger partial charge in [0.25, 0.3) is 5.91 Å². The molecule has 7 heteroatoms. The molecule has 0 aromatic carbocycles. The Hall–Kier alpha value is -2.41. The molecule has 2 N–H and O–H groups in total. The van der Waals surface area contributed by atoms with Gasteiger partial charge in [0.2, 0.25) is 11.8 Å². The maximum absolute atomic E-state index is 11.7. The fourth-order valence-electron chi connectivity index (χ4n) is 1.87. The third kappa shape index (κ3) is 5.71. The lowest BCUT2D eigenvalue weighted by atomic mass is 10.2. The van der Waals surface area contributed by atoms with E-state index in [4.69, 9.17) is 4.74 Å². The highest BCUT2D eigenvalue weighted by Crippen LogP contribution is 2.08. The van der Waals surface area contributed by atoms with Crippen LogP contribution in [0.2, 0.25) is 0 Å². The van der Waals surface area contributed by atoms with Crippen LogP contribution in [0.4, 0.5) is 0 Å². The van der Waals surface area contributed by atoms with E-state index in [2.05, 4.69) is 15.6 Å². The Bertz CT molecular complexity index is 627. The van der Waals surface area contributed by atoms with E-state index in [1.165, 1.54) is 11.3 Å². The van der Waals surface area contributed by atoms with Gasteiger partial charge in [0.15, 0.2) is 0 Å². The number of aromatic nitrogens is 1. The predicted molar refractivity (Wildman–Crippen MR) is 88.5 cm³/mol. The van der Waals surface area contributed by atoms with Crippen LogP contribution in [0.5, 0.6) is 5.88 Å². The van der Waals surface area contributed by atoms with E-state index >= 15 is 0 Å². The normalized spacial score (nSPS) is 10.1. The van der Waals surface area contributed by atoms with Crippen LogP contribution >= 0.6 is 11.3 Å². The van der Waals surface area contributed by atoms with E-state index in [0.29, 0.717) is 36.7 Å². The summed E-state index contributed by atoms with van der Waals surface area (Å²) in [5.41, 5.74) is 0.908. The molecule has 0 atom stereocenters. The molecule has 6 nitrogen and oxygen atoms in total. The van der Waals surface area contributed by atoms with Crippen molar-refractivity contribution in [1.82, 2.24) is 15.6 Å². The van der Waals surface area contributed by atoms with Crippen LogP contribution in [0.1, 0.15) is 28.1 Å². The van der Waals surface area contributed by atoms with Gasteiger partial charge in [0.1, 0.15) is 0 Å². The van der Waals surface area contributed by atoms with Crippen molar-refractivity contribution in [2.75, 3.05) is 13.7 Å². The van der Waals surface area contributed by atoms with Crippen LogP contribution in [0.15, 0.2) is 35.8 Å². The molecule has 0 aliphatic heterocycles. The predicted octanol–water partition coefficient (Wildman–Crippen LogP) is 1.98. The number of carbonyl (C=O) groups excluding carboxylic acids is 2. The lowest BCUT2D eigenvalue weighted by molar-refractivity contribution is -0.121. The van der Waals surface area contributed by atoms with Crippen LogP contribution in [-0.4, -0.2) is 30.5 Å². The molecule has 122 valence electrons. The van der Waals surface area contributed by atoms with E-state index in [-0.39, 0.29) is 11.8 Å². The van der Waals surface area contributed by atoms with Crippen LogP contribution in [0, 0.1) is 0 Å². The van der Waals surface area contributed by atoms with Crippen LogP contribution < -0.4 is 15.4 Å². The first-order valence-electron chi connectivity index (χ1n) is 7.26. The fraction of sp³-hybridized carbons (Fsp3) is 0.312. The molecular formula is C16H19N3O3S. The highest BCUT2D eigenvalue weighted by atomic mass is 32.1. The number of hydrogen-bond donors (Lipinski definition) is 2. The molecule has 0 aliphatic rings. The molecule has 0 spiro atoms. The van der Waals surface area contributed by atoms with Gasteiger partial charge >= 0.3 is 0 Å². The van der Waals surface area contributed by atoms with Crippen molar-refractivity contribution in [3.05, 3.63) is 46.3 Å². The van der Waals surface area contributed by atoms with E-state index in [9.17, 15) is 9.59 Å². The minimum absolute atomic E-state index is 0.0498. The van der Waals surface area contributed by atoms with Crippen molar-refractivity contribution in [1.29, 1.82) is 0 Å². The number of hydrogen-bond acceptors (Lipinski definition) is 5. The van der Waals surface area contributed by atoms with Gasteiger partial charge < -0.3 is 15.4 Å². The molecule has 0 fully saturated rings. The third-order valence-corrected chi connectivity index (χ3v) is 3.98. The lowest BCUT2D eigenvalue weighted by Gasteiger charge is -2.06. The van der Waals surface area contributed by atoms with Gasteiger partial charge in [-0.1, -0.05) is 12.1 Å². The van der Waals surface area contributed by atoms with Crippen LogP contribution in [-0.2, 0) is 11.3 Å². The average Bonchev–Trinajstić information content (AvgIpc) is 3.12. The summed E-state index contributed by atoms with van der Waals surface area (Å²) in [5, 5.41) is 7.47. The second kappa shape index (κ2) is 8.89. The minimum atomic E-state index is -0.0929. The summed E-state index contributed by atoms with van der Waals surface area (Å²) in [6.07, 6.45) is 2.64. The molecule has 2 heterocycles. The summed E-state index contributed by atoms with van der Waals surface area (Å²) >= 11 is 1.40. The highest BCUT2D eigenvalue weighted by Gasteiger charge is 2.06. The zero-order valence-corrected chi connectivity index (χ0v) is 13.7. The topological polar surface area (TPSA) is 80.3 Å². The van der Waals surface area contributed by atoms with Crippen molar-refractivity contribution in [3.63, 3.8) is 0 Å². The number of rotatable bonds is 8. The quantitative estimate of drug-likeness (QED) is 0.724. The molecule has 0 saturated heterocycles. The largest absolute Gasteiger partial charge is 0.481 e. The number of pyridine rings is 1. The Labute approximate surface area is 138 Å². The van der Waals surface area contributed by atoms with Crippen molar-refractivity contribution in [3.8, 4) is 5.88 Å². The SMILES string of the molecule is COc1ccc(CNC(=O)CCCNC(=O)c2cccs2)cn1. The summed E-state index contributed by atoms with van der Waals surface area (Å²) in [5.74, 6) is 0.400. The second-order valence-electron chi connectivity index (χ2n) is 4.82. The number of carbonyl (C=O) groups is 2. The number of nitrogens with zero attached hydrogens (tertiary/aromatic N) is 1. The first-order chi connectivity index (χ1) is 11.2. The molecule has 23 heavy (non-hydrogen) atoms. The molecule has 0 radical (unpaired) electrons. The molecule has 0 bridgehead atoms. The summed E-state index contributed by atoms with van der Waals surface area (Å²) in [7, 11) is 1.56. The first kappa shape index (κ1) is 17.0. The average molecular weight is 333 g/mol. The van der Waals surface area contributed by atoms with Crippen molar-refractivity contribution < 1.29 is 14.3 Å². The van der Waals surface area contributed by atoms with Gasteiger partial charge in [-0.3, -0.25) is 9.59 Å². The Kier molecular flexibility index (Phi) is 6.56. The van der Waals surface area contributed by atoms with Crippen molar-refractivity contribution in [2.45, 2.75) is 19.4 Å². The summed E-state index contributed by atoms with van der Waals surface area (Å²) < 4.78 is 4.97. The molecule has 0 aliphatic carbocycles. The Morgan fingerprint density at radius 1 is 1.26 bits per heavy atom. The minimum Gasteiger partial charge on any atom is -0.481 e. The van der Waals surface area contributed by atoms with E-state index < -0.39 is 0 Å². The fourth-order valence-corrected chi connectivity index (χ4v) is 2.51. The van der Waals surface area contributed by atoms with E-state index in [0.717, 1.165) is 5.56 Å². The number of nitrogens with one attached hydrogen (secondary N) is 2. The third-order valence-electron chi connectivity index (χ3n) is 3.11. The molecule has 0 unspecified atom stereocenters. The summed E-state index contributed by atoms with van der Waals surface area (Å²) in [6, 6.07) is 7.21. The van der Waals surface area contributed by atoms with Gasteiger partial charge in [-0.15, -0.1) is 11.3 Å². The second-order valence-corrected chi connectivity index (χ2v) is 5.77. The van der Waals surface area contributed by atoms with Gasteiger partial charge in [-0.2, -0.15) is 0 Å². The highest BCUT2D eigenvalue weighted by molar-refractivity contribution is 7.12. The zero-order valence-electron chi connectivity index (χ0n) is 12.9. The van der Waals surface area contributed by atoms with Crippen molar-refractivity contribution in [2.24, 2.45) is 0 Å². The van der Waals surface area contributed by atoms with Gasteiger partial charge in [-0.05, 0) is 23.4 Å². The standard InChI is InChI=1S/C16H19N3O3S/c1-22-15-7-6-12(11-19-15)10-18-14(20)5-2-8-17-16(21)13-4-3-9-23-13/h3-4,6-7,9,11H,2,5,8,10H2,1H3,(H,17,21)(H,18,20). The smallest absolute Gasteiger partial charge is 0.261 e. The monoisotopic (exact) mass is 333 g/mol. The Morgan fingerprint density at radius 2 is 2.13 bits per heavy atom. The molecule has 2 rings (SSSR count). The number of amides is 2. The zero-order chi connectivity index (χ0) is 16.5. The van der Waals surface area contributed by atoms with E-state index in [1.807, 2.05) is 17.5 Å². The van der Waals surface area contributed by atoms with Gasteiger partial charge in [0, 0.05) is 31.8 Å². The molecule has 2 aromatic rings. The lowest BCUT2D eigenvalue weighted by Crippen LogP contribution is -2.26. The van der Waals surface area contributed by atoms with Crippen LogP contribution in [0.3, 0.4) is 0 Å². The maximum Gasteiger partial charge on any atom is 0.261 e. The molecule has 2 aromatic heterocycles. The Balaban J connectivity index is 1.60. The van der Waals surface area contributed by atoms with Gasteiger partial charge in [-0.25, -0.2) is 4.98 Å². The first-order valence-corrected chi connectivity index (χ1v) is 8.14. The molecule has 0 saturated carbocycles. The molecular weight excluding hydrogens is 314 g/mol. The molecule has 2 amide bonds. The number of ether oxygens (including phenoxy) is 1. The summed E-state index contributed by atoms with van der Waals surface area (Å²) in [6.45, 7) is 0.908.